The van der Waals surface area contributed by atoms with Crippen molar-refractivity contribution >= 4 is 5.91 Å². The van der Waals surface area contributed by atoms with E-state index < -0.39 is 0 Å². The maximum atomic E-state index is 13.5. The van der Waals surface area contributed by atoms with Gasteiger partial charge in [-0.15, -0.1) is 0 Å². The van der Waals surface area contributed by atoms with E-state index in [1.807, 2.05) is 0 Å². The quantitative estimate of drug-likeness (QED) is 0.652. The summed E-state index contributed by atoms with van der Waals surface area (Å²) in [5, 5.41) is 2.85. The maximum absolute atomic E-state index is 13.5. The van der Waals surface area contributed by atoms with Crippen LogP contribution in [0.1, 0.15) is 37.7 Å². The van der Waals surface area contributed by atoms with Crippen molar-refractivity contribution in [2.75, 3.05) is 20.2 Å². The summed E-state index contributed by atoms with van der Waals surface area (Å²) >= 11 is 0. The fourth-order valence-corrected chi connectivity index (χ4v) is 2.08. The number of carbonyl (C=O) groups excluding carboxylic acids is 1. The predicted octanol–water partition coefficient (Wildman–Crippen LogP) is 2.40. The van der Waals surface area contributed by atoms with Crippen LogP contribution in [-0.4, -0.2) is 26.1 Å². The third kappa shape index (κ3) is 7.09. The van der Waals surface area contributed by atoms with Gasteiger partial charge in [-0.1, -0.05) is 18.9 Å². The minimum atomic E-state index is -0.374. The predicted molar refractivity (Wildman–Crippen MR) is 81.8 cm³/mol. The van der Waals surface area contributed by atoms with E-state index >= 15 is 0 Å². The second kappa shape index (κ2) is 10.2. The second-order valence-electron chi connectivity index (χ2n) is 5.02. The van der Waals surface area contributed by atoms with Crippen molar-refractivity contribution in [1.82, 2.24) is 5.32 Å². The van der Waals surface area contributed by atoms with Crippen LogP contribution in [0.3, 0.4) is 0 Å². The molecule has 0 aliphatic carbocycles. The number of methoxy groups -OCH3 is 1. The van der Waals surface area contributed by atoms with Crippen molar-refractivity contribution in [3.05, 3.63) is 29.6 Å². The highest BCUT2D eigenvalue weighted by Crippen LogP contribution is 2.17. The Morgan fingerprint density at radius 3 is 2.71 bits per heavy atom. The summed E-state index contributed by atoms with van der Waals surface area (Å²) in [5.74, 6) is -0.0850. The minimum absolute atomic E-state index is 0.0525. The molecule has 1 aromatic carbocycles. The Labute approximate surface area is 125 Å². The average Bonchev–Trinajstić information content (AvgIpc) is 2.47. The number of amides is 1. The molecule has 1 rings (SSSR count). The fraction of sp³-hybridized carbons (Fsp3) is 0.562. The normalized spacial score (nSPS) is 10.4. The van der Waals surface area contributed by atoms with Gasteiger partial charge in [0.15, 0.2) is 11.6 Å². The van der Waals surface area contributed by atoms with E-state index in [0.29, 0.717) is 25.9 Å². The first-order valence-corrected chi connectivity index (χ1v) is 7.46. The molecule has 0 spiro atoms. The van der Waals surface area contributed by atoms with Gasteiger partial charge in [0.05, 0.1) is 7.11 Å². The number of hydrogen-bond donors (Lipinski definition) is 2. The molecular weight excluding hydrogens is 271 g/mol. The monoisotopic (exact) mass is 296 g/mol. The highest BCUT2D eigenvalue weighted by Gasteiger charge is 2.04. The van der Waals surface area contributed by atoms with E-state index in [2.05, 4.69) is 5.32 Å². The third-order valence-electron chi connectivity index (χ3n) is 3.31. The SMILES string of the molecule is COc1ccc(CCNC(=O)CCCCCCN)cc1F. The van der Waals surface area contributed by atoms with Crippen LogP contribution in [-0.2, 0) is 11.2 Å². The van der Waals surface area contributed by atoms with Gasteiger partial charge in [0.2, 0.25) is 5.91 Å². The highest BCUT2D eigenvalue weighted by atomic mass is 19.1. The lowest BCUT2D eigenvalue weighted by Gasteiger charge is -2.07. The summed E-state index contributed by atoms with van der Waals surface area (Å²) in [6, 6.07) is 4.85. The first-order valence-electron chi connectivity index (χ1n) is 7.46. The van der Waals surface area contributed by atoms with Crippen molar-refractivity contribution in [3.63, 3.8) is 0 Å². The molecule has 0 fully saturated rings. The lowest BCUT2D eigenvalue weighted by molar-refractivity contribution is -0.121. The zero-order valence-electron chi connectivity index (χ0n) is 12.7. The zero-order valence-corrected chi connectivity index (χ0v) is 12.7. The molecule has 0 heterocycles. The van der Waals surface area contributed by atoms with Crippen LogP contribution in [0.2, 0.25) is 0 Å². The summed E-state index contributed by atoms with van der Waals surface area (Å²) in [6.07, 6.45) is 5.18. The standard InChI is InChI=1S/C16H25FN2O2/c1-21-15-8-7-13(12-14(15)17)9-11-19-16(20)6-4-2-3-5-10-18/h7-8,12H,2-6,9-11,18H2,1H3,(H,19,20). The molecule has 0 atom stereocenters. The molecule has 118 valence electrons. The van der Waals surface area contributed by atoms with Gasteiger partial charge in [-0.2, -0.15) is 0 Å². The lowest BCUT2D eigenvalue weighted by atomic mass is 10.1. The van der Waals surface area contributed by atoms with E-state index in [9.17, 15) is 9.18 Å². The van der Waals surface area contributed by atoms with Gasteiger partial charge in [0, 0.05) is 13.0 Å². The molecule has 0 aromatic heterocycles. The van der Waals surface area contributed by atoms with Crippen molar-refractivity contribution in [1.29, 1.82) is 0 Å². The van der Waals surface area contributed by atoms with Crippen molar-refractivity contribution in [2.24, 2.45) is 5.73 Å². The number of ether oxygens (including phenoxy) is 1. The fourth-order valence-electron chi connectivity index (χ4n) is 2.08. The Balaban J connectivity index is 2.18. The Bertz CT molecular complexity index is 438. The number of halogens is 1. The smallest absolute Gasteiger partial charge is 0.220 e. The summed E-state index contributed by atoms with van der Waals surface area (Å²) in [6.45, 7) is 1.23. The Hall–Kier alpha value is -1.62. The van der Waals surface area contributed by atoms with Crippen LogP contribution >= 0.6 is 0 Å². The van der Waals surface area contributed by atoms with Crippen molar-refractivity contribution in [3.8, 4) is 5.75 Å². The number of rotatable bonds is 10. The molecule has 21 heavy (non-hydrogen) atoms. The molecule has 0 radical (unpaired) electrons. The van der Waals surface area contributed by atoms with Crippen LogP contribution in [0.25, 0.3) is 0 Å². The Kier molecular flexibility index (Phi) is 8.43. The topological polar surface area (TPSA) is 64.3 Å². The van der Waals surface area contributed by atoms with E-state index in [-0.39, 0.29) is 17.5 Å². The minimum Gasteiger partial charge on any atom is -0.494 e. The number of hydrogen-bond acceptors (Lipinski definition) is 3. The van der Waals surface area contributed by atoms with Gasteiger partial charge in [0.25, 0.3) is 0 Å². The van der Waals surface area contributed by atoms with Crippen LogP contribution in [0.15, 0.2) is 18.2 Å². The van der Waals surface area contributed by atoms with Crippen molar-refractivity contribution < 1.29 is 13.9 Å². The molecule has 1 aromatic rings. The summed E-state index contributed by atoms with van der Waals surface area (Å²) in [4.78, 5) is 11.6. The largest absolute Gasteiger partial charge is 0.494 e. The first-order chi connectivity index (χ1) is 10.2. The van der Waals surface area contributed by atoms with E-state index in [1.165, 1.54) is 13.2 Å². The maximum Gasteiger partial charge on any atom is 0.220 e. The molecule has 0 saturated carbocycles. The lowest BCUT2D eigenvalue weighted by Crippen LogP contribution is -2.25. The number of nitrogens with two attached hydrogens (primary N) is 1. The van der Waals surface area contributed by atoms with Crippen LogP contribution in [0.5, 0.6) is 5.75 Å². The molecule has 0 saturated heterocycles. The second-order valence-corrected chi connectivity index (χ2v) is 5.02. The molecule has 0 bridgehead atoms. The zero-order chi connectivity index (χ0) is 15.5. The molecule has 0 aliphatic heterocycles. The van der Waals surface area contributed by atoms with Crippen LogP contribution < -0.4 is 15.8 Å². The average molecular weight is 296 g/mol. The van der Waals surface area contributed by atoms with Gasteiger partial charge in [-0.25, -0.2) is 4.39 Å². The van der Waals surface area contributed by atoms with Crippen molar-refractivity contribution in [2.45, 2.75) is 38.5 Å². The highest BCUT2D eigenvalue weighted by molar-refractivity contribution is 5.75. The third-order valence-corrected chi connectivity index (χ3v) is 3.31. The number of benzene rings is 1. The number of nitrogens with one attached hydrogen (secondary N) is 1. The van der Waals surface area contributed by atoms with Gasteiger partial charge in [-0.05, 0) is 43.5 Å². The number of unbranched alkanes of at least 4 members (excludes halogenated alkanes) is 3. The van der Waals surface area contributed by atoms with Gasteiger partial charge in [-0.3, -0.25) is 4.79 Å². The molecule has 1 amide bonds. The number of carbonyl (C=O) groups is 1. The summed E-state index contributed by atoms with van der Waals surface area (Å²) in [5.41, 5.74) is 6.25. The van der Waals surface area contributed by atoms with Crippen LogP contribution in [0.4, 0.5) is 4.39 Å². The first kappa shape index (κ1) is 17.4. The molecular formula is C16H25FN2O2. The van der Waals surface area contributed by atoms with Gasteiger partial charge in [0.1, 0.15) is 0 Å². The molecule has 4 nitrogen and oxygen atoms in total. The van der Waals surface area contributed by atoms with Gasteiger partial charge < -0.3 is 15.8 Å². The Morgan fingerprint density at radius 2 is 2.05 bits per heavy atom. The van der Waals surface area contributed by atoms with E-state index in [4.69, 9.17) is 10.5 Å². The molecule has 0 aliphatic rings. The molecule has 0 unspecified atom stereocenters. The van der Waals surface area contributed by atoms with Crippen LogP contribution in [0, 0.1) is 5.82 Å². The van der Waals surface area contributed by atoms with E-state index in [1.54, 1.807) is 12.1 Å². The summed E-state index contributed by atoms with van der Waals surface area (Å²) < 4.78 is 18.3. The molecule has 5 heteroatoms. The van der Waals surface area contributed by atoms with Gasteiger partial charge >= 0.3 is 0 Å². The van der Waals surface area contributed by atoms with E-state index in [0.717, 1.165) is 31.2 Å². The molecule has 3 N–H and O–H groups in total. The Morgan fingerprint density at radius 1 is 1.29 bits per heavy atom. The summed E-state index contributed by atoms with van der Waals surface area (Å²) in [7, 11) is 1.44.